The van der Waals surface area contributed by atoms with Crippen LogP contribution in [0.3, 0.4) is 0 Å². The molecular weight excluding hydrogens is 358 g/mol. The number of anilines is 1. The van der Waals surface area contributed by atoms with Gasteiger partial charge in [0.2, 0.25) is 0 Å². The van der Waals surface area contributed by atoms with E-state index < -0.39 is 5.97 Å². The second-order valence-corrected chi connectivity index (χ2v) is 6.77. The molecule has 1 N–H and O–H groups in total. The first-order chi connectivity index (χ1) is 13.2. The number of thioether (sulfide) groups is 1. The molecule has 1 amide bonds. The lowest BCUT2D eigenvalue weighted by molar-refractivity contribution is -0.144. The summed E-state index contributed by atoms with van der Waals surface area (Å²) in [7, 11) is 0. The molecule has 3 aromatic rings. The summed E-state index contributed by atoms with van der Waals surface area (Å²) in [5.41, 5.74) is 2.60. The van der Waals surface area contributed by atoms with Gasteiger partial charge in [0.15, 0.2) is 6.61 Å². The van der Waals surface area contributed by atoms with Crippen molar-refractivity contribution in [2.45, 2.75) is 4.90 Å². The van der Waals surface area contributed by atoms with E-state index in [2.05, 4.69) is 5.32 Å². The van der Waals surface area contributed by atoms with Gasteiger partial charge in [-0.1, -0.05) is 66.7 Å². The number of carbonyl (C=O) groups excluding carboxylic acids is 2. The Morgan fingerprint density at radius 3 is 2.19 bits per heavy atom. The van der Waals surface area contributed by atoms with Crippen LogP contribution in [0.4, 0.5) is 5.69 Å². The van der Waals surface area contributed by atoms with Crippen LogP contribution in [0, 0.1) is 0 Å². The number of hydrogen-bond donors (Lipinski definition) is 1. The third kappa shape index (κ3) is 5.72. The minimum absolute atomic E-state index is 0.165. The van der Waals surface area contributed by atoms with Crippen molar-refractivity contribution in [1.29, 1.82) is 0 Å². The number of nitrogens with one attached hydrogen (secondary N) is 1. The van der Waals surface area contributed by atoms with Crippen molar-refractivity contribution in [3.05, 3.63) is 84.9 Å². The molecule has 3 aromatic carbocycles. The Bertz CT molecular complexity index is 898. The maximum absolute atomic E-state index is 12.2. The summed E-state index contributed by atoms with van der Waals surface area (Å²) in [5.74, 6) is -0.621. The molecule has 0 aromatic heterocycles. The fourth-order valence-corrected chi connectivity index (χ4v) is 3.21. The highest BCUT2D eigenvalue weighted by atomic mass is 32.2. The van der Waals surface area contributed by atoms with Gasteiger partial charge < -0.3 is 10.1 Å². The zero-order valence-corrected chi connectivity index (χ0v) is 15.4. The normalized spacial score (nSPS) is 10.2. The van der Waals surface area contributed by atoms with Crippen molar-refractivity contribution >= 4 is 29.3 Å². The van der Waals surface area contributed by atoms with Gasteiger partial charge in [-0.2, -0.15) is 0 Å². The smallest absolute Gasteiger partial charge is 0.316 e. The average molecular weight is 377 g/mol. The molecule has 0 spiro atoms. The molecule has 0 aliphatic rings. The Morgan fingerprint density at radius 2 is 1.44 bits per heavy atom. The summed E-state index contributed by atoms with van der Waals surface area (Å²) in [4.78, 5) is 25.0. The number of para-hydroxylation sites is 1. The first-order valence-electron chi connectivity index (χ1n) is 8.50. The van der Waals surface area contributed by atoms with E-state index >= 15 is 0 Å². The van der Waals surface area contributed by atoms with E-state index in [4.69, 9.17) is 4.74 Å². The van der Waals surface area contributed by atoms with Crippen LogP contribution in [0.2, 0.25) is 0 Å². The van der Waals surface area contributed by atoms with Gasteiger partial charge in [-0.05, 0) is 23.8 Å². The second-order valence-electron chi connectivity index (χ2n) is 5.72. The van der Waals surface area contributed by atoms with Gasteiger partial charge in [0.25, 0.3) is 5.91 Å². The van der Waals surface area contributed by atoms with Crippen LogP contribution in [0.25, 0.3) is 11.1 Å². The van der Waals surface area contributed by atoms with Crippen molar-refractivity contribution in [2.75, 3.05) is 17.7 Å². The van der Waals surface area contributed by atoms with Crippen LogP contribution in [0.15, 0.2) is 89.8 Å². The average Bonchev–Trinajstić information content (AvgIpc) is 2.72. The Hall–Kier alpha value is -3.05. The number of hydrogen-bond acceptors (Lipinski definition) is 4. The SMILES string of the molecule is O=C(COC(=O)CSc1ccccc1)Nc1ccccc1-c1ccccc1. The van der Waals surface area contributed by atoms with Crippen LogP contribution in [0.5, 0.6) is 0 Å². The predicted molar refractivity (Wildman–Crippen MR) is 109 cm³/mol. The summed E-state index contributed by atoms with van der Waals surface area (Å²) in [5, 5.41) is 2.82. The van der Waals surface area contributed by atoms with Crippen LogP contribution in [-0.4, -0.2) is 24.2 Å². The third-order valence-corrected chi connectivity index (χ3v) is 4.74. The Kier molecular flexibility index (Phi) is 6.66. The molecule has 0 fully saturated rings. The predicted octanol–water partition coefficient (Wildman–Crippen LogP) is 4.63. The number of esters is 1. The first kappa shape index (κ1) is 18.7. The molecule has 3 rings (SSSR count). The van der Waals surface area contributed by atoms with E-state index in [0.29, 0.717) is 5.69 Å². The highest BCUT2D eigenvalue weighted by Gasteiger charge is 2.11. The maximum Gasteiger partial charge on any atom is 0.316 e. The zero-order chi connectivity index (χ0) is 18.9. The lowest BCUT2D eigenvalue weighted by atomic mass is 10.0. The summed E-state index contributed by atoms with van der Waals surface area (Å²) in [6.45, 7) is -0.308. The highest BCUT2D eigenvalue weighted by Crippen LogP contribution is 2.27. The summed E-state index contributed by atoms with van der Waals surface area (Å²) in [6, 6.07) is 26.9. The molecule has 136 valence electrons. The Balaban J connectivity index is 1.52. The van der Waals surface area contributed by atoms with Crippen molar-refractivity contribution in [3.8, 4) is 11.1 Å². The van der Waals surface area contributed by atoms with Crippen molar-refractivity contribution in [1.82, 2.24) is 0 Å². The molecule has 0 saturated heterocycles. The fourth-order valence-electron chi connectivity index (χ4n) is 2.49. The quantitative estimate of drug-likeness (QED) is 0.482. The number of amides is 1. The molecule has 0 heterocycles. The molecule has 0 atom stereocenters. The van der Waals surface area contributed by atoms with Gasteiger partial charge in [-0.3, -0.25) is 9.59 Å². The number of carbonyl (C=O) groups is 2. The van der Waals surface area contributed by atoms with Gasteiger partial charge in [-0.15, -0.1) is 11.8 Å². The molecular formula is C22H19NO3S. The lowest BCUT2D eigenvalue weighted by Crippen LogP contribution is -2.21. The largest absolute Gasteiger partial charge is 0.455 e. The number of ether oxygens (including phenoxy) is 1. The van der Waals surface area contributed by atoms with Gasteiger partial charge in [0.05, 0.1) is 5.75 Å². The van der Waals surface area contributed by atoms with E-state index in [9.17, 15) is 9.59 Å². The zero-order valence-electron chi connectivity index (χ0n) is 14.6. The van der Waals surface area contributed by atoms with Crippen molar-refractivity contribution in [2.24, 2.45) is 0 Å². The van der Waals surface area contributed by atoms with Crippen molar-refractivity contribution in [3.63, 3.8) is 0 Å². The maximum atomic E-state index is 12.2. The number of benzene rings is 3. The van der Waals surface area contributed by atoms with E-state index in [1.807, 2.05) is 84.9 Å². The van der Waals surface area contributed by atoms with Gasteiger partial charge in [0, 0.05) is 16.1 Å². The lowest BCUT2D eigenvalue weighted by Gasteiger charge is -2.11. The van der Waals surface area contributed by atoms with Crippen LogP contribution >= 0.6 is 11.8 Å². The first-order valence-corrected chi connectivity index (χ1v) is 9.49. The second kappa shape index (κ2) is 9.59. The molecule has 0 radical (unpaired) electrons. The Labute approximate surface area is 162 Å². The molecule has 5 heteroatoms. The molecule has 4 nitrogen and oxygen atoms in total. The molecule has 0 aliphatic heterocycles. The van der Waals surface area contributed by atoms with E-state index in [-0.39, 0.29) is 18.3 Å². The summed E-state index contributed by atoms with van der Waals surface area (Å²) in [6.07, 6.45) is 0. The van der Waals surface area contributed by atoms with Crippen molar-refractivity contribution < 1.29 is 14.3 Å². The molecule has 27 heavy (non-hydrogen) atoms. The fraction of sp³-hybridized carbons (Fsp3) is 0.0909. The number of rotatable bonds is 7. The standard InChI is InChI=1S/C22H19NO3S/c24-21(15-26-22(25)16-27-18-11-5-2-6-12-18)23-20-14-8-7-13-19(20)17-9-3-1-4-10-17/h1-14H,15-16H2,(H,23,24). The van der Waals surface area contributed by atoms with Gasteiger partial charge in [0.1, 0.15) is 0 Å². The monoisotopic (exact) mass is 377 g/mol. The van der Waals surface area contributed by atoms with E-state index in [0.717, 1.165) is 16.0 Å². The molecule has 0 saturated carbocycles. The summed E-state index contributed by atoms with van der Waals surface area (Å²) < 4.78 is 5.07. The minimum atomic E-state index is -0.421. The van der Waals surface area contributed by atoms with Crippen LogP contribution < -0.4 is 5.32 Å². The molecule has 0 aliphatic carbocycles. The summed E-state index contributed by atoms with van der Waals surface area (Å²) >= 11 is 1.38. The van der Waals surface area contributed by atoms with E-state index in [1.165, 1.54) is 11.8 Å². The molecule has 0 unspecified atom stereocenters. The van der Waals surface area contributed by atoms with E-state index in [1.54, 1.807) is 0 Å². The van der Waals surface area contributed by atoms with Gasteiger partial charge in [-0.25, -0.2) is 0 Å². The van der Waals surface area contributed by atoms with Gasteiger partial charge >= 0.3 is 5.97 Å². The van der Waals surface area contributed by atoms with Crippen LogP contribution in [-0.2, 0) is 14.3 Å². The minimum Gasteiger partial charge on any atom is -0.455 e. The third-order valence-electron chi connectivity index (χ3n) is 3.75. The highest BCUT2D eigenvalue weighted by molar-refractivity contribution is 8.00. The molecule has 0 bridgehead atoms. The Morgan fingerprint density at radius 1 is 0.815 bits per heavy atom. The van der Waals surface area contributed by atoms with Crippen LogP contribution in [0.1, 0.15) is 0 Å². The topological polar surface area (TPSA) is 55.4 Å².